The number of ether oxygens (including phenoxy) is 1. The molecule has 1 rings (SSSR count). The third kappa shape index (κ3) is 3.30. The molecular weight excluding hydrogens is 222 g/mol. The number of amides is 1. The quantitative estimate of drug-likeness (QED) is 0.759. The number of esters is 1. The van der Waals surface area contributed by atoms with Crippen LogP contribution in [0.1, 0.15) is 29.7 Å². The molecule has 1 heterocycles. The summed E-state index contributed by atoms with van der Waals surface area (Å²) in [6, 6.07) is 0. The number of hydrogen-bond acceptors (Lipinski definition) is 4. The van der Waals surface area contributed by atoms with Gasteiger partial charge in [0.05, 0.1) is 13.3 Å². The van der Waals surface area contributed by atoms with Gasteiger partial charge < -0.3 is 14.6 Å². The number of nitrogens with one attached hydrogen (secondary N) is 1. The summed E-state index contributed by atoms with van der Waals surface area (Å²) in [4.78, 5) is 26.8. The molecule has 6 heteroatoms. The fourth-order valence-electron chi connectivity index (χ4n) is 1.52. The van der Waals surface area contributed by atoms with E-state index in [1.165, 1.54) is 13.3 Å². The largest absolute Gasteiger partial charge is 0.464 e. The van der Waals surface area contributed by atoms with Crippen LogP contribution >= 0.6 is 0 Å². The summed E-state index contributed by atoms with van der Waals surface area (Å²) in [6.45, 7) is 4.66. The number of nitrogens with zero attached hydrogens (tertiary/aromatic N) is 2. The van der Waals surface area contributed by atoms with Gasteiger partial charge >= 0.3 is 5.97 Å². The third-order valence-corrected chi connectivity index (χ3v) is 2.39. The summed E-state index contributed by atoms with van der Waals surface area (Å²) in [7, 11) is 1.32. The lowest BCUT2D eigenvalue weighted by Crippen LogP contribution is -2.24. The first-order chi connectivity index (χ1) is 8.10. The molecule has 1 aromatic rings. The van der Waals surface area contributed by atoms with Crippen LogP contribution < -0.4 is 5.32 Å². The average Bonchev–Trinajstić information content (AvgIpc) is 2.67. The van der Waals surface area contributed by atoms with Gasteiger partial charge in [-0.1, -0.05) is 0 Å². The maximum absolute atomic E-state index is 11.4. The van der Waals surface area contributed by atoms with Crippen molar-refractivity contribution < 1.29 is 14.3 Å². The zero-order chi connectivity index (χ0) is 12.8. The highest BCUT2D eigenvalue weighted by Crippen LogP contribution is 2.07. The Morgan fingerprint density at radius 3 is 2.82 bits per heavy atom. The van der Waals surface area contributed by atoms with E-state index in [0.29, 0.717) is 31.0 Å². The van der Waals surface area contributed by atoms with E-state index in [2.05, 4.69) is 15.0 Å². The van der Waals surface area contributed by atoms with Crippen molar-refractivity contribution in [3.63, 3.8) is 0 Å². The van der Waals surface area contributed by atoms with Crippen LogP contribution in [0.4, 0.5) is 0 Å². The molecule has 0 radical (unpaired) electrons. The van der Waals surface area contributed by atoms with Crippen molar-refractivity contribution in [3.8, 4) is 0 Å². The third-order valence-electron chi connectivity index (χ3n) is 2.39. The van der Waals surface area contributed by atoms with Crippen LogP contribution in [0, 0.1) is 6.92 Å². The first-order valence-electron chi connectivity index (χ1n) is 5.47. The zero-order valence-corrected chi connectivity index (χ0v) is 10.3. The van der Waals surface area contributed by atoms with Crippen molar-refractivity contribution in [2.24, 2.45) is 0 Å². The highest BCUT2D eigenvalue weighted by atomic mass is 16.5. The minimum atomic E-state index is -0.443. The van der Waals surface area contributed by atoms with Gasteiger partial charge in [-0.05, 0) is 13.8 Å². The normalized spacial score (nSPS) is 10.1. The van der Waals surface area contributed by atoms with Gasteiger partial charge in [0.25, 0.3) is 0 Å². The molecule has 0 unspecified atom stereocenters. The first-order valence-corrected chi connectivity index (χ1v) is 5.47. The van der Waals surface area contributed by atoms with Gasteiger partial charge in [-0.15, -0.1) is 0 Å². The SMILES string of the molecule is CCNC(=O)CCn1c(C(=O)OC)cnc1C. The van der Waals surface area contributed by atoms with Crippen molar-refractivity contribution >= 4 is 11.9 Å². The van der Waals surface area contributed by atoms with Crippen molar-refractivity contribution in [2.45, 2.75) is 26.8 Å². The molecule has 1 N–H and O–H groups in total. The lowest BCUT2D eigenvalue weighted by Gasteiger charge is -2.08. The Kier molecular flexibility index (Phi) is 4.68. The molecule has 94 valence electrons. The second-order valence-electron chi connectivity index (χ2n) is 3.54. The summed E-state index contributed by atoms with van der Waals surface area (Å²) >= 11 is 0. The van der Waals surface area contributed by atoms with Crippen molar-refractivity contribution in [1.29, 1.82) is 0 Å². The Hall–Kier alpha value is -1.85. The van der Waals surface area contributed by atoms with Crippen molar-refractivity contribution in [1.82, 2.24) is 14.9 Å². The standard InChI is InChI=1S/C11H17N3O3/c1-4-12-10(15)5-6-14-8(2)13-7-9(14)11(16)17-3/h7H,4-6H2,1-3H3,(H,12,15). The molecule has 1 aromatic heterocycles. The maximum Gasteiger partial charge on any atom is 0.356 e. The van der Waals surface area contributed by atoms with E-state index in [1.54, 1.807) is 11.5 Å². The van der Waals surface area contributed by atoms with Gasteiger partial charge in [0.15, 0.2) is 0 Å². The van der Waals surface area contributed by atoms with E-state index in [-0.39, 0.29) is 5.91 Å². The molecule has 0 aromatic carbocycles. The van der Waals surface area contributed by atoms with Crippen LogP contribution in [0.2, 0.25) is 0 Å². The fourth-order valence-corrected chi connectivity index (χ4v) is 1.52. The topological polar surface area (TPSA) is 73.2 Å². The van der Waals surface area contributed by atoms with E-state index in [9.17, 15) is 9.59 Å². The smallest absolute Gasteiger partial charge is 0.356 e. The monoisotopic (exact) mass is 239 g/mol. The van der Waals surface area contributed by atoms with Crippen molar-refractivity contribution in [3.05, 3.63) is 17.7 Å². The molecule has 0 spiro atoms. The summed E-state index contributed by atoms with van der Waals surface area (Å²) < 4.78 is 6.33. The Bertz CT molecular complexity index is 412. The second kappa shape index (κ2) is 6.03. The molecule has 0 fully saturated rings. The van der Waals surface area contributed by atoms with Crippen LogP contribution in [0.3, 0.4) is 0 Å². The predicted molar refractivity (Wildman–Crippen MR) is 61.6 cm³/mol. The van der Waals surface area contributed by atoms with E-state index >= 15 is 0 Å². The average molecular weight is 239 g/mol. The van der Waals surface area contributed by atoms with Gasteiger partial charge in [-0.2, -0.15) is 0 Å². The van der Waals surface area contributed by atoms with E-state index < -0.39 is 5.97 Å². The molecule has 0 bridgehead atoms. The molecular formula is C11H17N3O3. The van der Waals surface area contributed by atoms with Crippen LogP contribution in [0.5, 0.6) is 0 Å². The first kappa shape index (κ1) is 13.2. The molecule has 0 saturated carbocycles. The molecule has 6 nitrogen and oxygen atoms in total. The van der Waals surface area contributed by atoms with Gasteiger partial charge in [-0.3, -0.25) is 4.79 Å². The number of imidazole rings is 1. The molecule has 0 atom stereocenters. The number of carbonyl (C=O) groups excluding carboxylic acids is 2. The van der Waals surface area contributed by atoms with Crippen LogP contribution in [-0.2, 0) is 16.1 Å². The lowest BCUT2D eigenvalue weighted by atomic mass is 10.3. The molecule has 0 saturated heterocycles. The van der Waals surface area contributed by atoms with Gasteiger partial charge in [-0.25, -0.2) is 9.78 Å². The van der Waals surface area contributed by atoms with Crippen LogP contribution in [0.25, 0.3) is 0 Å². The van der Waals surface area contributed by atoms with Gasteiger partial charge in [0.2, 0.25) is 5.91 Å². The minimum Gasteiger partial charge on any atom is -0.464 e. The highest BCUT2D eigenvalue weighted by Gasteiger charge is 2.15. The van der Waals surface area contributed by atoms with E-state index in [0.717, 1.165) is 0 Å². The van der Waals surface area contributed by atoms with Crippen LogP contribution in [-0.4, -0.2) is 35.1 Å². The van der Waals surface area contributed by atoms with E-state index in [1.807, 2.05) is 6.92 Å². The number of rotatable bonds is 5. The molecule has 17 heavy (non-hydrogen) atoms. The Balaban J connectivity index is 2.73. The van der Waals surface area contributed by atoms with E-state index in [4.69, 9.17) is 0 Å². The van der Waals surface area contributed by atoms with Gasteiger partial charge in [0, 0.05) is 19.5 Å². The number of aromatic nitrogens is 2. The number of carbonyl (C=O) groups is 2. The molecule has 0 aliphatic carbocycles. The summed E-state index contributed by atoms with van der Waals surface area (Å²) in [5, 5.41) is 2.70. The molecule has 0 aliphatic rings. The Morgan fingerprint density at radius 2 is 2.24 bits per heavy atom. The number of aryl methyl sites for hydroxylation is 1. The number of hydrogen-bond donors (Lipinski definition) is 1. The second-order valence-corrected chi connectivity index (χ2v) is 3.54. The highest BCUT2D eigenvalue weighted by molar-refractivity contribution is 5.87. The predicted octanol–water partition coefficient (Wildman–Crippen LogP) is 0.504. The fraction of sp³-hybridized carbons (Fsp3) is 0.545. The molecule has 0 aliphatic heterocycles. The summed E-state index contributed by atoms with van der Waals surface area (Å²) in [5.41, 5.74) is 0.370. The summed E-state index contributed by atoms with van der Waals surface area (Å²) in [6.07, 6.45) is 1.77. The van der Waals surface area contributed by atoms with Gasteiger partial charge in [0.1, 0.15) is 11.5 Å². The number of methoxy groups -OCH3 is 1. The van der Waals surface area contributed by atoms with Crippen LogP contribution in [0.15, 0.2) is 6.20 Å². The lowest BCUT2D eigenvalue weighted by molar-refractivity contribution is -0.121. The maximum atomic E-state index is 11.4. The minimum absolute atomic E-state index is 0.0450. The summed E-state index contributed by atoms with van der Waals surface area (Å²) in [5.74, 6) is 0.201. The Labute approximate surface area is 100.0 Å². The zero-order valence-electron chi connectivity index (χ0n) is 10.3. The Morgan fingerprint density at radius 1 is 1.53 bits per heavy atom. The molecule has 1 amide bonds. The van der Waals surface area contributed by atoms with Crippen molar-refractivity contribution in [2.75, 3.05) is 13.7 Å².